The number of piperazine rings is 1. The van der Waals surface area contributed by atoms with Gasteiger partial charge in [0, 0.05) is 31.7 Å². The van der Waals surface area contributed by atoms with E-state index in [2.05, 4.69) is 15.3 Å². The third kappa shape index (κ3) is 5.68. The standard InChI is InChI=1S/C22H29N5O4/c1-14-15(2)25-18-12-16(6-7-17(18)24-14)20(29)27-10-8-26(9-11-27)19(28)13-23-21(30)31-22(3,4)5/h6-7,12H,8-11,13H2,1-5H3,(H,23,30). The van der Waals surface area contributed by atoms with Crippen LogP contribution >= 0.6 is 0 Å². The zero-order chi connectivity index (χ0) is 22.8. The van der Waals surface area contributed by atoms with E-state index in [9.17, 15) is 14.4 Å². The predicted octanol–water partition coefficient (Wildman–Crippen LogP) is 2.06. The number of alkyl carbamates (subject to hydrolysis) is 1. The number of benzene rings is 1. The van der Waals surface area contributed by atoms with Gasteiger partial charge < -0.3 is 19.9 Å². The zero-order valence-corrected chi connectivity index (χ0v) is 18.7. The molecule has 1 aromatic carbocycles. The second kappa shape index (κ2) is 8.87. The van der Waals surface area contributed by atoms with E-state index in [4.69, 9.17) is 4.74 Å². The van der Waals surface area contributed by atoms with E-state index >= 15 is 0 Å². The number of nitrogens with zero attached hydrogens (tertiary/aromatic N) is 4. The van der Waals surface area contributed by atoms with Crippen molar-refractivity contribution in [1.82, 2.24) is 25.1 Å². The topological polar surface area (TPSA) is 105 Å². The monoisotopic (exact) mass is 427 g/mol. The molecular formula is C22H29N5O4. The van der Waals surface area contributed by atoms with Gasteiger partial charge >= 0.3 is 6.09 Å². The molecule has 9 nitrogen and oxygen atoms in total. The van der Waals surface area contributed by atoms with Crippen molar-refractivity contribution in [1.29, 1.82) is 0 Å². The van der Waals surface area contributed by atoms with E-state index in [-0.39, 0.29) is 18.4 Å². The smallest absolute Gasteiger partial charge is 0.408 e. The van der Waals surface area contributed by atoms with Crippen LogP contribution in [0.25, 0.3) is 11.0 Å². The van der Waals surface area contributed by atoms with Crippen LogP contribution in [0.15, 0.2) is 18.2 Å². The van der Waals surface area contributed by atoms with Crippen LogP contribution in [0.1, 0.15) is 42.5 Å². The number of aryl methyl sites for hydroxylation is 2. The molecular weight excluding hydrogens is 398 g/mol. The van der Waals surface area contributed by atoms with Crippen molar-refractivity contribution >= 4 is 28.9 Å². The van der Waals surface area contributed by atoms with Gasteiger partial charge in [0.1, 0.15) is 12.1 Å². The highest BCUT2D eigenvalue weighted by Gasteiger charge is 2.26. The summed E-state index contributed by atoms with van der Waals surface area (Å²) < 4.78 is 5.13. The summed E-state index contributed by atoms with van der Waals surface area (Å²) in [6, 6.07) is 5.33. The molecule has 9 heteroatoms. The molecule has 166 valence electrons. The van der Waals surface area contributed by atoms with E-state index in [1.807, 2.05) is 19.9 Å². The van der Waals surface area contributed by atoms with Crippen molar-refractivity contribution in [3.63, 3.8) is 0 Å². The van der Waals surface area contributed by atoms with Gasteiger partial charge in [-0.1, -0.05) is 0 Å². The first-order valence-electron chi connectivity index (χ1n) is 10.3. The van der Waals surface area contributed by atoms with Gasteiger partial charge in [0.05, 0.1) is 22.4 Å². The molecule has 1 saturated heterocycles. The summed E-state index contributed by atoms with van der Waals surface area (Å²) in [5.74, 6) is -0.300. The van der Waals surface area contributed by atoms with Crippen LogP contribution in [0.5, 0.6) is 0 Å². The molecule has 3 rings (SSSR count). The molecule has 0 spiro atoms. The first-order valence-corrected chi connectivity index (χ1v) is 10.3. The molecule has 0 saturated carbocycles. The minimum absolute atomic E-state index is 0.0964. The molecule has 1 aliphatic heterocycles. The zero-order valence-electron chi connectivity index (χ0n) is 18.7. The number of carbonyl (C=O) groups excluding carboxylic acids is 3. The molecule has 3 amide bonds. The Bertz CT molecular complexity index is 1010. The number of aromatic nitrogens is 2. The van der Waals surface area contributed by atoms with E-state index in [1.54, 1.807) is 42.7 Å². The molecule has 0 atom stereocenters. The minimum Gasteiger partial charge on any atom is -0.444 e. The third-order valence-electron chi connectivity index (χ3n) is 5.02. The summed E-state index contributed by atoms with van der Waals surface area (Å²) in [5, 5.41) is 2.48. The van der Waals surface area contributed by atoms with E-state index in [1.165, 1.54) is 0 Å². The van der Waals surface area contributed by atoms with Crippen LogP contribution in [0, 0.1) is 13.8 Å². The summed E-state index contributed by atoms with van der Waals surface area (Å²) in [7, 11) is 0. The van der Waals surface area contributed by atoms with Crippen LogP contribution in [0.2, 0.25) is 0 Å². The molecule has 2 heterocycles. The van der Waals surface area contributed by atoms with E-state index < -0.39 is 11.7 Å². The number of nitrogens with one attached hydrogen (secondary N) is 1. The van der Waals surface area contributed by atoms with Crippen molar-refractivity contribution in [2.24, 2.45) is 0 Å². The Morgan fingerprint density at radius 3 is 2.16 bits per heavy atom. The van der Waals surface area contributed by atoms with Gasteiger partial charge in [-0.3, -0.25) is 9.59 Å². The number of carbonyl (C=O) groups is 3. The van der Waals surface area contributed by atoms with Gasteiger partial charge in [-0.25, -0.2) is 14.8 Å². The largest absolute Gasteiger partial charge is 0.444 e. The molecule has 1 N–H and O–H groups in total. The Kier molecular flexibility index (Phi) is 6.42. The Morgan fingerprint density at radius 1 is 0.968 bits per heavy atom. The molecule has 0 bridgehead atoms. The highest BCUT2D eigenvalue weighted by Crippen LogP contribution is 2.17. The molecule has 1 aromatic heterocycles. The lowest BCUT2D eigenvalue weighted by atomic mass is 10.1. The Balaban J connectivity index is 1.55. The molecule has 1 aliphatic rings. The number of fused-ring (bicyclic) bond motifs is 1. The molecule has 0 unspecified atom stereocenters. The fourth-order valence-corrected chi connectivity index (χ4v) is 3.28. The molecule has 0 radical (unpaired) electrons. The van der Waals surface area contributed by atoms with Gasteiger partial charge in [-0.05, 0) is 52.8 Å². The lowest BCUT2D eigenvalue weighted by Gasteiger charge is -2.35. The normalized spacial score (nSPS) is 14.5. The van der Waals surface area contributed by atoms with Crippen LogP contribution in [0.3, 0.4) is 0 Å². The molecule has 2 aromatic rings. The highest BCUT2D eigenvalue weighted by molar-refractivity contribution is 5.97. The van der Waals surface area contributed by atoms with Crippen LogP contribution in [-0.2, 0) is 9.53 Å². The highest BCUT2D eigenvalue weighted by atomic mass is 16.6. The van der Waals surface area contributed by atoms with Crippen molar-refractivity contribution in [3.8, 4) is 0 Å². The van der Waals surface area contributed by atoms with Crippen LogP contribution in [-0.4, -0.2) is 76.0 Å². The Morgan fingerprint density at radius 2 is 1.55 bits per heavy atom. The first kappa shape index (κ1) is 22.5. The second-order valence-electron chi connectivity index (χ2n) is 8.63. The van der Waals surface area contributed by atoms with Crippen LogP contribution in [0.4, 0.5) is 4.79 Å². The molecule has 1 fully saturated rings. The van der Waals surface area contributed by atoms with Crippen molar-refractivity contribution in [2.75, 3.05) is 32.7 Å². The maximum absolute atomic E-state index is 12.9. The first-order chi connectivity index (χ1) is 14.5. The lowest BCUT2D eigenvalue weighted by molar-refractivity contribution is -0.131. The minimum atomic E-state index is -0.625. The third-order valence-corrected chi connectivity index (χ3v) is 5.02. The van der Waals surface area contributed by atoms with Crippen LogP contribution < -0.4 is 5.32 Å². The quantitative estimate of drug-likeness (QED) is 0.804. The number of hydrogen-bond acceptors (Lipinski definition) is 6. The van der Waals surface area contributed by atoms with Gasteiger partial charge in [-0.15, -0.1) is 0 Å². The van der Waals surface area contributed by atoms with Crippen molar-refractivity contribution < 1.29 is 19.1 Å². The number of ether oxygens (including phenoxy) is 1. The van der Waals surface area contributed by atoms with Gasteiger partial charge in [0.2, 0.25) is 5.91 Å². The number of hydrogen-bond donors (Lipinski definition) is 1. The van der Waals surface area contributed by atoms with E-state index in [0.29, 0.717) is 37.3 Å². The number of rotatable bonds is 3. The lowest BCUT2D eigenvalue weighted by Crippen LogP contribution is -2.52. The predicted molar refractivity (Wildman–Crippen MR) is 116 cm³/mol. The molecule has 0 aliphatic carbocycles. The summed E-state index contributed by atoms with van der Waals surface area (Å²) in [6.45, 7) is 10.6. The maximum Gasteiger partial charge on any atom is 0.408 e. The summed E-state index contributed by atoms with van der Waals surface area (Å²) in [4.78, 5) is 49.4. The average molecular weight is 428 g/mol. The second-order valence-corrected chi connectivity index (χ2v) is 8.63. The van der Waals surface area contributed by atoms with Gasteiger partial charge in [-0.2, -0.15) is 0 Å². The Labute approximate surface area is 181 Å². The number of amides is 3. The fourth-order valence-electron chi connectivity index (χ4n) is 3.28. The van der Waals surface area contributed by atoms with Crippen molar-refractivity contribution in [2.45, 2.75) is 40.2 Å². The maximum atomic E-state index is 12.9. The summed E-state index contributed by atoms with van der Waals surface area (Å²) in [5.41, 5.74) is 3.09. The molecule has 31 heavy (non-hydrogen) atoms. The van der Waals surface area contributed by atoms with Gasteiger partial charge in [0.15, 0.2) is 0 Å². The Hall–Kier alpha value is -3.23. The van der Waals surface area contributed by atoms with Gasteiger partial charge in [0.25, 0.3) is 5.91 Å². The fraction of sp³-hybridized carbons (Fsp3) is 0.500. The summed E-state index contributed by atoms with van der Waals surface area (Å²) in [6.07, 6.45) is -0.625. The van der Waals surface area contributed by atoms with Crippen molar-refractivity contribution in [3.05, 3.63) is 35.2 Å². The van der Waals surface area contributed by atoms with E-state index in [0.717, 1.165) is 16.9 Å². The average Bonchev–Trinajstić information content (AvgIpc) is 2.71. The summed E-state index contributed by atoms with van der Waals surface area (Å²) >= 11 is 0. The SMILES string of the molecule is Cc1nc2ccc(C(=O)N3CCN(C(=O)CNC(=O)OC(C)(C)C)CC3)cc2nc1C.